The summed E-state index contributed by atoms with van der Waals surface area (Å²) in [5.41, 5.74) is 0.214. The molecule has 166 valence electrons. The number of ether oxygens (including phenoxy) is 4. The highest BCUT2D eigenvalue weighted by atomic mass is 28.3. The number of rotatable bonds is 7. The molecule has 0 bridgehead atoms. The zero-order chi connectivity index (χ0) is 21.6. The molecule has 1 aromatic carbocycles. The summed E-state index contributed by atoms with van der Waals surface area (Å²) in [5, 5.41) is 9.92. The molecule has 0 aliphatic carbocycles. The van der Waals surface area contributed by atoms with Gasteiger partial charge in [0.1, 0.15) is 36.4 Å². The Kier molecular flexibility index (Phi) is 5.88. The van der Waals surface area contributed by atoms with Gasteiger partial charge in [0.15, 0.2) is 11.9 Å². The number of hydrogen-bond acceptors (Lipinski definition) is 6. The molecule has 2 aliphatic heterocycles. The van der Waals surface area contributed by atoms with E-state index in [1.165, 1.54) is 17.6 Å². The standard InChI is InChI=1S/C20H28F2N2O5Si/c1-11-12(21)7-13-17(16(11)22)24(10-26-5-6-30(2,3)4)20(23-13)29-15-9-28-18-14(25)8-27-19(15)18/h7,14-15,18-19,25H,5-6,8-10H2,1-4H3. The molecule has 0 spiro atoms. The average molecular weight is 443 g/mol. The summed E-state index contributed by atoms with van der Waals surface area (Å²) in [4.78, 5) is 4.32. The van der Waals surface area contributed by atoms with Crippen molar-refractivity contribution in [2.45, 2.75) is 63.8 Å². The normalized spacial score (nSPS) is 26.5. The van der Waals surface area contributed by atoms with Gasteiger partial charge in [0.05, 0.1) is 18.7 Å². The first-order chi connectivity index (χ1) is 14.2. The number of aliphatic hydroxyl groups is 1. The Hall–Kier alpha value is -1.59. The maximum absolute atomic E-state index is 14.9. The van der Waals surface area contributed by atoms with E-state index in [0.717, 1.165) is 6.04 Å². The van der Waals surface area contributed by atoms with Gasteiger partial charge in [-0.3, -0.25) is 4.57 Å². The number of aliphatic hydroxyl groups excluding tert-OH is 1. The van der Waals surface area contributed by atoms with Crippen LogP contribution in [0, 0.1) is 18.6 Å². The summed E-state index contributed by atoms with van der Waals surface area (Å²) in [6, 6.07) is 2.27. The van der Waals surface area contributed by atoms with Crippen LogP contribution in [0.1, 0.15) is 5.56 Å². The van der Waals surface area contributed by atoms with Gasteiger partial charge in [-0.1, -0.05) is 19.6 Å². The number of hydrogen-bond donors (Lipinski definition) is 1. The molecule has 4 atom stereocenters. The predicted molar refractivity (Wildman–Crippen MR) is 108 cm³/mol. The lowest BCUT2D eigenvalue weighted by Crippen LogP contribution is -2.35. The van der Waals surface area contributed by atoms with Crippen LogP contribution in [0.25, 0.3) is 11.0 Å². The van der Waals surface area contributed by atoms with Crippen LogP contribution < -0.4 is 4.74 Å². The van der Waals surface area contributed by atoms with Crippen molar-refractivity contribution in [3.63, 3.8) is 0 Å². The molecule has 0 amide bonds. The van der Waals surface area contributed by atoms with E-state index in [1.807, 2.05) is 0 Å². The van der Waals surface area contributed by atoms with E-state index in [9.17, 15) is 13.9 Å². The van der Waals surface area contributed by atoms with Crippen LogP contribution in [-0.4, -0.2) is 67.0 Å². The highest BCUT2D eigenvalue weighted by Crippen LogP contribution is 2.32. The first-order valence-electron chi connectivity index (χ1n) is 10.2. The van der Waals surface area contributed by atoms with Gasteiger partial charge in [0.25, 0.3) is 6.01 Å². The molecule has 2 aromatic rings. The Bertz CT molecular complexity index is 932. The third-order valence-corrected chi connectivity index (χ3v) is 7.28. The van der Waals surface area contributed by atoms with Crippen molar-refractivity contribution in [3.05, 3.63) is 23.3 Å². The number of imidazole rings is 1. The predicted octanol–water partition coefficient (Wildman–Crippen LogP) is 2.84. The van der Waals surface area contributed by atoms with E-state index in [1.54, 1.807) is 0 Å². The van der Waals surface area contributed by atoms with E-state index in [0.29, 0.717) is 6.61 Å². The first kappa shape index (κ1) is 21.6. The number of nitrogens with zero attached hydrogens (tertiary/aromatic N) is 2. The average Bonchev–Trinajstić information content (AvgIpc) is 3.33. The lowest BCUT2D eigenvalue weighted by atomic mass is 10.1. The lowest BCUT2D eigenvalue weighted by Gasteiger charge is -2.19. The van der Waals surface area contributed by atoms with Crippen molar-refractivity contribution < 1.29 is 32.8 Å². The molecule has 3 heterocycles. The minimum absolute atomic E-state index is 0.0312. The van der Waals surface area contributed by atoms with Crippen LogP contribution in [0.4, 0.5) is 8.78 Å². The Morgan fingerprint density at radius 2 is 1.97 bits per heavy atom. The van der Waals surface area contributed by atoms with Gasteiger partial charge in [-0.2, -0.15) is 4.98 Å². The van der Waals surface area contributed by atoms with Crippen LogP contribution >= 0.6 is 0 Å². The van der Waals surface area contributed by atoms with Crippen LogP contribution in [0.3, 0.4) is 0 Å². The van der Waals surface area contributed by atoms with E-state index >= 15 is 0 Å². The van der Waals surface area contributed by atoms with Gasteiger partial charge in [0, 0.05) is 26.3 Å². The third kappa shape index (κ3) is 4.11. The molecular formula is C20H28F2N2O5Si. The molecule has 2 aliphatic rings. The largest absolute Gasteiger partial charge is 0.456 e. The van der Waals surface area contributed by atoms with Gasteiger partial charge in [-0.05, 0) is 13.0 Å². The molecular weight excluding hydrogens is 414 g/mol. The Balaban J connectivity index is 1.62. The summed E-state index contributed by atoms with van der Waals surface area (Å²) < 4.78 is 53.5. The van der Waals surface area contributed by atoms with E-state index in [2.05, 4.69) is 24.6 Å². The molecule has 30 heavy (non-hydrogen) atoms. The van der Waals surface area contributed by atoms with Gasteiger partial charge >= 0.3 is 0 Å². The molecule has 4 unspecified atom stereocenters. The molecule has 0 radical (unpaired) electrons. The van der Waals surface area contributed by atoms with Gasteiger partial charge in [-0.15, -0.1) is 0 Å². The van der Waals surface area contributed by atoms with Crippen LogP contribution in [0.5, 0.6) is 6.01 Å². The second-order valence-electron chi connectivity index (χ2n) is 9.16. The summed E-state index contributed by atoms with van der Waals surface area (Å²) in [6.07, 6.45) is -2.12. The SMILES string of the molecule is Cc1c(F)cc2nc(OC3COC4C(O)COC34)n(COCC[Si](C)(C)C)c2c1F. The minimum atomic E-state index is -1.29. The van der Waals surface area contributed by atoms with Crippen LogP contribution in [0.2, 0.25) is 25.7 Å². The van der Waals surface area contributed by atoms with E-state index in [4.69, 9.17) is 18.9 Å². The maximum atomic E-state index is 14.9. The fourth-order valence-electron chi connectivity index (χ4n) is 3.72. The monoisotopic (exact) mass is 442 g/mol. The highest BCUT2D eigenvalue weighted by Gasteiger charge is 2.49. The molecule has 2 fully saturated rings. The maximum Gasteiger partial charge on any atom is 0.299 e. The summed E-state index contributed by atoms with van der Waals surface area (Å²) in [5.74, 6) is -1.35. The van der Waals surface area contributed by atoms with Gasteiger partial charge in [0.2, 0.25) is 0 Å². The summed E-state index contributed by atoms with van der Waals surface area (Å²) in [7, 11) is -1.29. The fraction of sp³-hybridized carbons (Fsp3) is 0.650. The molecule has 7 nitrogen and oxygen atoms in total. The van der Waals surface area contributed by atoms with Crippen molar-refractivity contribution in [2.75, 3.05) is 19.8 Å². The van der Waals surface area contributed by atoms with Crippen molar-refractivity contribution in [3.8, 4) is 6.01 Å². The number of fused-ring (bicyclic) bond motifs is 2. The highest BCUT2D eigenvalue weighted by molar-refractivity contribution is 6.76. The fourth-order valence-corrected chi connectivity index (χ4v) is 4.47. The van der Waals surface area contributed by atoms with E-state index in [-0.39, 0.29) is 42.6 Å². The Morgan fingerprint density at radius 1 is 1.23 bits per heavy atom. The van der Waals surface area contributed by atoms with Crippen LogP contribution in [0.15, 0.2) is 6.07 Å². The molecule has 2 saturated heterocycles. The summed E-state index contributed by atoms with van der Waals surface area (Å²) in [6.45, 7) is 9.07. The smallest absolute Gasteiger partial charge is 0.299 e. The molecule has 1 aromatic heterocycles. The number of halogens is 2. The second kappa shape index (κ2) is 8.16. The quantitative estimate of drug-likeness (QED) is 0.525. The lowest BCUT2D eigenvalue weighted by molar-refractivity contribution is 0.00336. The topological polar surface area (TPSA) is 75.0 Å². The van der Waals surface area contributed by atoms with Crippen molar-refractivity contribution >= 4 is 19.1 Å². The first-order valence-corrected chi connectivity index (χ1v) is 13.9. The van der Waals surface area contributed by atoms with Crippen molar-refractivity contribution in [1.29, 1.82) is 0 Å². The third-order valence-electron chi connectivity index (χ3n) is 5.57. The molecule has 10 heteroatoms. The zero-order valence-corrected chi connectivity index (χ0v) is 18.7. The molecule has 4 rings (SSSR count). The minimum Gasteiger partial charge on any atom is -0.456 e. The summed E-state index contributed by atoms with van der Waals surface area (Å²) >= 11 is 0. The van der Waals surface area contributed by atoms with Crippen molar-refractivity contribution in [1.82, 2.24) is 9.55 Å². The van der Waals surface area contributed by atoms with Gasteiger partial charge < -0.3 is 24.1 Å². The zero-order valence-electron chi connectivity index (χ0n) is 17.7. The van der Waals surface area contributed by atoms with Gasteiger partial charge in [-0.25, -0.2) is 8.78 Å². The molecule has 1 N–H and O–H groups in total. The van der Waals surface area contributed by atoms with E-state index < -0.39 is 44.1 Å². The molecule has 0 saturated carbocycles. The number of aromatic nitrogens is 2. The Morgan fingerprint density at radius 3 is 2.70 bits per heavy atom. The Labute approximate surface area is 174 Å². The number of benzene rings is 1. The van der Waals surface area contributed by atoms with Crippen LogP contribution in [-0.2, 0) is 20.9 Å². The second-order valence-corrected chi connectivity index (χ2v) is 14.8. The van der Waals surface area contributed by atoms with Crippen molar-refractivity contribution in [2.24, 2.45) is 0 Å².